The lowest BCUT2D eigenvalue weighted by Gasteiger charge is -2.14. The fourth-order valence-corrected chi connectivity index (χ4v) is 2.69. The van der Waals surface area contributed by atoms with Gasteiger partial charge in [-0.05, 0) is 37.3 Å². The Labute approximate surface area is 162 Å². The Morgan fingerprint density at radius 1 is 1.14 bits per heavy atom. The number of benzene rings is 1. The Morgan fingerprint density at radius 3 is 2.79 bits per heavy atom. The molecule has 0 saturated carbocycles. The molecule has 0 aliphatic heterocycles. The van der Waals surface area contributed by atoms with E-state index in [1.807, 2.05) is 59.4 Å². The van der Waals surface area contributed by atoms with Crippen molar-refractivity contribution in [2.75, 3.05) is 5.32 Å². The number of ether oxygens (including phenoxy) is 1. The molecule has 0 fully saturated rings. The number of para-hydroxylation sites is 1. The molecule has 8 heteroatoms. The third kappa shape index (κ3) is 4.53. The monoisotopic (exact) mass is 376 g/mol. The summed E-state index contributed by atoms with van der Waals surface area (Å²) < 4.78 is 12.8. The summed E-state index contributed by atoms with van der Waals surface area (Å²) in [4.78, 5) is 8.79. The van der Waals surface area contributed by atoms with Gasteiger partial charge < -0.3 is 14.6 Å². The second kappa shape index (κ2) is 8.34. The summed E-state index contributed by atoms with van der Waals surface area (Å²) in [6.45, 7) is 3.07. The SMILES string of the molecule is C[C@H](Cn1cccn1)Nc1ccc(-c2nc(COc3ccccc3)no2)cn1. The maximum absolute atomic E-state index is 5.63. The molecule has 0 bridgehead atoms. The zero-order valence-corrected chi connectivity index (χ0v) is 15.4. The van der Waals surface area contributed by atoms with E-state index < -0.39 is 0 Å². The Kier molecular flexibility index (Phi) is 5.28. The van der Waals surface area contributed by atoms with Crippen molar-refractivity contribution in [2.24, 2.45) is 0 Å². The average Bonchev–Trinajstić information content (AvgIpc) is 3.40. The zero-order valence-electron chi connectivity index (χ0n) is 15.4. The molecular formula is C20H20N6O2. The minimum absolute atomic E-state index is 0.184. The third-order valence-corrected chi connectivity index (χ3v) is 4.00. The van der Waals surface area contributed by atoms with Crippen LogP contribution in [0.15, 0.2) is 71.6 Å². The first-order valence-corrected chi connectivity index (χ1v) is 8.97. The van der Waals surface area contributed by atoms with Gasteiger partial charge in [-0.1, -0.05) is 23.4 Å². The van der Waals surface area contributed by atoms with E-state index in [9.17, 15) is 0 Å². The molecule has 0 aliphatic rings. The van der Waals surface area contributed by atoms with Crippen LogP contribution in [0.1, 0.15) is 12.7 Å². The molecule has 142 valence electrons. The van der Waals surface area contributed by atoms with Crippen molar-refractivity contribution in [1.82, 2.24) is 24.9 Å². The average molecular weight is 376 g/mol. The minimum atomic E-state index is 0.184. The van der Waals surface area contributed by atoms with Crippen molar-refractivity contribution in [2.45, 2.75) is 26.1 Å². The van der Waals surface area contributed by atoms with Crippen molar-refractivity contribution in [3.05, 3.63) is 72.9 Å². The fraction of sp³-hybridized carbons (Fsp3) is 0.200. The summed E-state index contributed by atoms with van der Waals surface area (Å²) in [6.07, 6.45) is 5.41. The zero-order chi connectivity index (χ0) is 19.2. The van der Waals surface area contributed by atoms with Crippen LogP contribution in [0.2, 0.25) is 0 Å². The van der Waals surface area contributed by atoms with Gasteiger partial charge in [0.05, 0.1) is 12.1 Å². The molecule has 0 amide bonds. The quantitative estimate of drug-likeness (QED) is 0.504. The van der Waals surface area contributed by atoms with Gasteiger partial charge in [0, 0.05) is 24.6 Å². The molecular weight excluding hydrogens is 356 g/mol. The predicted molar refractivity (Wildman–Crippen MR) is 104 cm³/mol. The molecule has 3 aromatic heterocycles. The molecule has 0 aliphatic carbocycles. The Balaban J connectivity index is 1.34. The van der Waals surface area contributed by atoms with Gasteiger partial charge in [-0.2, -0.15) is 10.1 Å². The Bertz CT molecular complexity index is 983. The summed E-state index contributed by atoms with van der Waals surface area (Å²) in [6, 6.07) is 15.4. The van der Waals surface area contributed by atoms with Gasteiger partial charge in [0.1, 0.15) is 11.6 Å². The molecule has 3 heterocycles. The van der Waals surface area contributed by atoms with Crippen LogP contribution in [0.3, 0.4) is 0 Å². The van der Waals surface area contributed by atoms with Crippen molar-refractivity contribution < 1.29 is 9.26 Å². The topological polar surface area (TPSA) is 90.9 Å². The number of hydrogen-bond donors (Lipinski definition) is 1. The number of rotatable bonds is 8. The van der Waals surface area contributed by atoms with E-state index in [2.05, 4.69) is 32.5 Å². The predicted octanol–water partition coefficient (Wildman–Crippen LogP) is 3.41. The first-order chi connectivity index (χ1) is 13.8. The van der Waals surface area contributed by atoms with Crippen LogP contribution in [-0.2, 0) is 13.2 Å². The molecule has 0 spiro atoms. The minimum Gasteiger partial charge on any atom is -0.485 e. The molecule has 1 aromatic carbocycles. The maximum atomic E-state index is 5.63. The highest BCUT2D eigenvalue weighted by Crippen LogP contribution is 2.19. The van der Waals surface area contributed by atoms with Crippen LogP contribution in [0, 0.1) is 0 Å². The second-order valence-electron chi connectivity index (χ2n) is 6.32. The summed E-state index contributed by atoms with van der Waals surface area (Å²) in [5.74, 6) is 2.43. The first-order valence-electron chi connectivity index (χ1n) is 8.97. The van der Waals surface area contributed by atoms with Gasteiger partial charge >= 0.3 is 0 Å². The summed E-state index contributed by atoms with van der Waals surface area (Å²) in [5, 5.41) is 11.5. The van der Waals surface area contributed by atoms with E-state index in [1.165, 1.54) is 0 Å². The van der Waals surface area contributed by atoms with Crippen LogP contribution < -0.4 is 10.1 Å². The van der Waals surface area contributed by atoms with Crippen LogP contribution >= 0.6 is 0 Å². The molecule has 0 radical (unpaired) electrons. The van der Waals surface area contributed by atoms with Gasteiger partial charge in [0.15, 0.2) is 6.61 Å². The Hall–Kier alpha value is -3.68. The lowest BCUT2D eigenvalue weighted by molar-refractivity contribution is 0.287. The highest BCUT2D eigenvalue weighted by Gasteiger charge is 2.11. The summed E-state index contributed by atoms with van der Waals surface area (Å²) >= 11 is 0. The van der Waals surface area contributed by atoms with E-state index in [-0.39, 0.29) is 12.6 Å². The standard InChI is InChI=1S/C20H20N6O2/c1-15(13-26-11-5-10-22-26)23-18-9-8-16(12-21-18)20-24-19(25-28-20)14-27-17-6-3-2-4-7-17/h2-12,15H,13-14H2,1H3,(H,21,23)/t15-/m1/s1. The molecule has 0 saturated heterocycles. The van der Waals surface area contributed by atoms with E-state index in [4.69, 9.17) is 9.26 Å². The summed E-state index contributed by atoms with van der Waals surface area (Å²) in [7, 11) is 0. The maximum Gasteiger partial charge on any atom is 0.259 e. The van der Waals surface area contributed by atoms with E-state index in [0.717, 1.165) is 23.7 Å². The Morgan fingerprint density at radius 2 is 2.04 bits per heavy atom. The molecule has 8 nitrogen and oxygen atoms in total. The van der Waals surface area contributed by atoms with Crippen LogP contribution in [-0.4, -0.2) is 30.9 Å². The third-order valence-electron chi connectivity index (χ3n) is 4.00. The van der Waals surface area contributed by atoms with E-state index in [1.54, 1.807) is 12.4 Å². The van der Waals surface area contributed by atoms with Crippen molar-refractivity contribution in [3.8, 4) is 17.2 Å². The lowest BCUT2D eigenvalue weighted by Crippen LogP contribution is -2.22. The van der Waals surface area contributed by atoms with Gasteiger partial charge in [0.2, 0.25) is 5.82 Å². The second-order valence-corrected chi connectivity index (χ2v) is 6.32. The van der Waals surface area contributed by atoms with Gasteiger partial charge in [-0.15, -0.1) is 0 Å². The van der Waals surface area contributed by atoms with Gasteiger partial charge in [-0.3, -0.25) is 4.68 Å². The highest BCUT2D eigenvalue weighted by molar-refractivity contribution is 5.54. The number of hydrogen-bond acceptors (Lipinski definition) is 7. The van der Waals surface area contributed by atoms with Gasteiger partial charge in [-0.25, -0.2) is 4.98 Å². The normalized spacial score (nSPS) is 11.9. The van der Waals surface area contributed by atoms with Crippen molar-refractivity contribution in [1.29, 1.82) is 0 Å². The molecule has 4 aromatic rings. The molecule has 1 N–H and O–H groups in total. The largest absolute Gasteiger partial charge is 0.485 e. The smallest absolute Gasteiger partial charge is 0.259 e. The number of nitrogens with zero attached hydrogens (tertiary/aromatic N) is 5. The van der Waals surface area contributed by atoms with Crippen molar-refractivity contribution in [3.63, 3.8) is 0 Å². The van der Waals surface area contributed by atoms with Crippen LogP contribution in [0.5, 0.6) is 5.75 Å². The number of anilines is 1. The van der Waals surface area contributed by atoms with E-state index >= 15 is 0 Å². The molecule has 28 heavy (non-hydrogen) atoms. The van der Waals surface area contributed by atoms with Crippen LogP contribution in [0.25, 0.3) is 11.5 Å². The van der Waals surface area contributed by atoms with E-state index in [0.29, 0.717) is 11.7 Å². The number of nitrogens with one attached hydrogen (secondary N) is 1. The fourth-order valence-electron chi connectivity index (χ4n) is 2.69. The summed E-state index contributed by atoms with van der Waals surface area (Å²) in [5.41, 5.74) is 0.753. The number of aromatic nitrogens is 5. The van der Waals surface area contributed by atoms with Gasteiger partial charge in [0.25, 0.3) is 5.89 Å². The highest BCUT2D eigenvalue weighted by atomic mass is 16.5. The van der Waals surface area contributed by atoms with Crippen LogP contribution in [0.4, 0.5) is 5.82 Å². The lowest BCUT2D eigenvalue weighted by atomic mass is 10.2. The first kappa shape index (κ1) is 17.7. The number of pyridine rings is 1. The molecule has 4 rings (SSSR count). The van der Waals surface area contributed by atoms with Crippen molar-refractivity contribution >= 4 is 5.82 Å². The molecule has 1 atom stereocenters. The molecule has 0 unspecified atom stereocenters.